The Hall–Kier alpha value is 0.170. The van der Waals surface area contributed by atoms with Crippen molar-refractivity contribution in [1.82, 2.24) is 4.90 Å². The zero-order valence-corrected chi connectivity index (χ0v) is 7.59. The highest BCUT2D eigenvalue weighted by atomic mass is 35.5. The van der Waals surface area contributed by atoms with Gasteiger partial charge >= 0.3 is 0 Å². The van der Waals surface area contributed by atoms with Crippen LogP contribution in [0.5, 0.6) is 0 Å². The van der Waals surface area contributed by atoms with Gasteiger partial charge in [-0.25, -0.2) is 0 Å². The maximum Gasteiger partial charge on any atom is 0.0802 e. The molecule has 0 radical (unpaired) electrons. The fourth-order valence-corrected chi connectivity index (χ4v) is 0.964. The first kappa shape index (κ1) is 11.2. The van der Waals surface area contributed by atoms with Gasteiger partial charge in [-0.1, -0.05) is 6.92 Å². The summed E-state index contributed by atoms with van der Waals surface area (Å²) < 4.78 is 0. The van der Waals surface area contributed by atoms with Gasteiger partial charge in [0.2, 0.25) is 0 Å². The lowest BCUT2D eigenvalue weighted by atomic mass is 10.3. The van der Waals surface area contributed by atoms with E-state index in [1.807, 2.05) is 11.8 Å². The summed E-state index contributed by atoms with van der Waals surface area (Å²) in [7, 11) is 0. The number of alkyl halides is 1. The van der Waals surface area contributed by atoms with Gasteiger partial charge in [-0.3, -0.25) is 4.90 Å². The van der Waals surface area contributed by atoms with Crippen molar-refractivity contribution in [2.75, 3.05) is 32.1 Å². The van der Waals surface area contributed by atoms with Crippen LogP contribution < -0.4 is 0 Å². The van der Waals surface area contributed by atoms with Crippen molar-refractivity contribution in [2.24, 2.45) is 0 Å². The molecule has 4 heteroatoms. The third kappa shape index (κ3) is 5.44. The van der Waals surface area contributed by atoms with Gasteiger partial charge in [0.1, 0.15) is 0 Å². The van der Waals surface area contributed by atoms with Gasteiger partial charge in [-0.15, -0.1) is 11.6 Å². The number of nitrogens with zero attached hydrogens (tertiary/aromatic N) is 1. The second-order valence-corrected chi connectivity index (χ2v) is 2.73. The number of likely N-dealkylation sites (N-methyl/N-ethyl adjacent to an activating group) is 1. The lowest BCUT2D eigenvalue weighted by molar-refractivity contribution is 0.117. The topological polar surface area (TPSA) is 43.7 Å². The highest BCUT2D eigenvalue weighted by Crippen LogP contribution is 1.93. The number of aliphatic hydroxyl groups is 2. The van der Waals surface area contributed by atoms with E-state index in [9.17, 15) is 0 Å². The molecule has 11 heavy (non-hydrogen) atoms. The van der Waals surface area contributed by atoms with Crippen molar-refractivity contribution in [3.05, 3.63) is 0 Å². The van der Waals surface area contributed by atoms with E-state index in [0.29, 0.717) is 13.1 Å². The van der Waals surface area contributed by atoms with Gasteiger partial charge in [0.15, 0.2) is 0 Å². The fourth-order valence-electron chi connectivity index (χ4n) is 0.867. The number of rotatable bonds is 6. The Morgan fingerprint density at radius 1 is 1.55 bits per heavy atom. The van der Waals surface area contributed by atoms with Crippen LogP contribution in [0.3, 0.4) is 0 Å². The monoisotopic (exact) mass is 181 g/mol. The van der Waals surface area contributed by atoms with E-state index >= 15 is 0 Å². The van der Waals surface area contributed by atoms with Crippen molar-refractivity contribution in [3.8, 4) is 0 Å². The van der Waals surface area contributed by atoms with Gasteiger partial charge in [0, 0.05) is 19.0 Å². The smallest absolute Gasteiger partial charge is 0.0802 e. The molecule has 0 heterocycles. The van der Waals surface area contributed by atoms with Crippen molar-refractivity contribution < 1.29 is 10.2 Å². The van der Waals surface area contributed by atoms with Crippen molar-refractivity contribution in [1.29, 1.82) is 0 Å². The first-order chi connectivity index (χ1) is 5.24. The molecule has 0 aromatic carbocycles. The lowest BCUT2D eigenvalue weighted by Gasteiger charge is -2.21. The third-order valence-corrected chi connectivity index (χ3v) is 1.87. The first-order valence-corrected chi connectivity index (χ1v) is 4.35. The van der Waals surface area contributed by atoms with Gasteiger partial charge < -0.3 is 10.2 Å². The highest BCUT2D eigenvalue weighted by molar-refractivity contribution is 6.18. The van der Waals surface area contributed by atoms with Gasteiger partial charge in [0.25, 0.3) is 0 Å². The van der Waals surface area contributed by atoms with E-state index in [4.69, 9.17) is 21.8 Å². The minimum atomic E-state index is -0.483. The molecule has 0 aliphatic rings. The van der Waals surface area contributed by atoms with Crippen molar-refractivity contribution in [3.63, 3.8) is 0 Å². The number of halogens is 1. The molecule has 2 N–H and O–H groups in total. The van der Waals surface area contributed by atoms with E-state index in [2.05, 4.69) is 0 Å². The SMILES string of the molecule is CCN(CCO)CC(O)CCl. The summed E-state index contributed by atoms with van der Waals surface area (Å²) in [5.41, 5.74) is 0. The summed E-state index contributed by atoms with van der Waals surface area (Å²) in [5.74, 6) is 0.252. The number of hydrogen-bond donors (Lipinski definition) is 2. The molecule has 0 fully saturated rings. The van der Waals surface area contributed by atoms with Gasteiger partial charge in [-0.05, 0) is 6.54 Å². The summed E-state index contributed by atoms with van der Waals surface area (Å²) >= 11 is 5.41. The molecule has 3 nitrogen and oxygen atoms in total. The van der Waals surface area contributed by atoms with Gasteiger partial charge in [0.05, 0.1) is 12.7 Å². The molecule has 1 atom stereocenters. The highest BCUT2D eigenvalue weighted by Gasteiger charge is 2.07. The van der Waals surface area contributed by atoms with Gasteiger partial charge in [-0.2, -0.15) is 0 Å². The molecule has 0 bridgehead atoms. The van der Waals surface area contributed by atoms with Crippen LogP contribution in [0, 0.1) is 0 Å². The summed E-state index contributed by atoms with van der Waals surface area (Å²) in [6.45, 7) is 4.08. The predicted molar refractivity (Wildman–Crippen MR) is 45.9 cm³/mol. The summed E-state index contributed by atoms with van der Waals surface area (Å²) in [6.07, 6.45) is -0.483. The maximum atomic E-state index is 9.13. The maximum absolute atomic E-state index is 9.13. The van der Waals surface area contributed by atoms with Crippen LogP contribution in [0.2, 0.25) is 0 Å². The molecule has 0 aliphatic carbocycles. The molecule has 0 rings (SSSR count). The Morgan fingerprint density at radius 2 is 2.18 bits per heavy atom. The molecule has 0 saturated carbocycles. The molecule has 0 spiro atoms. The molecule has 1 unspecified atom stereocenters. The number of hydrogen-bond acceptors (Lipinski definition) is 3. The zero-order valence-electron chi connectivity index (χ0n) is 6.83. The fraction of sp³-hybridized carbons (Fsp3) is 1.00. The van der Waals surface area contributed by atoms with Crippen LogP contribution >= 0.6 is 11.6 Å². The second kappa shape index (κ2) is 6.85. The minimum absolute atomic E-state index is 0.128. The molecular formula is C7H16ClNO2. The minimum Gasteiger partial charge on any atom is -0.395 e. The van der Waals surface area contributed by atoms with E-state index < -0.39 is 6.10 Å². The molecule has 0 aromatic rings. The Morgan fingerprint density at radius 3 is 2.55 bits per heavy atom. The van der Waals surface area contributed by atoms with Crippen LogP contribution in [-0.2, 0) is 0 Å². The lowest BCUT2D eigenvalue weighted by Crippen LogP contribution is -2.35. The first-order valence-electron chi connectivity index (χ1n) is 3.81. The Labute approximate surface area is 72.6 Å². The molecule has 0 aliphatic heterocycles. The zero-order chi connectivity index (χ0) is 8.69. The van der Waals surface area contributed by atoms with Crippen LogP contribution in [0.1, 0.15) is 6.92 Å². The Kier molecular flexibility index (Phi) is 6.96. The van der Waals surface area contributed by atoms with Crippen LogP contribution in [0.4, 0.5) is 0 Å². The van der Waals surface area contributed by atoms with E-state index in [-0.39, 0.29) is 12.5 Å². The van der Waals surface area contributed by atoms with E-state index in [1.54, 1.807) is 0 Å². The summed E-state index contributed by atoms with van der Waals surface area (Å²) in [5, 5.41) is 17.7. The largest absolute Gasteiger partial charge is 0.395 e. The molecule has 0 saturated heterocycles. The molecule has 0 aromatic heterocycles. The van der Waals surface area contributed by atoms with Crippen molar-refractivity contribution in [2.45, 2.75) is 13.0 Å². The average Bonchev–Trinajstić information content (AvgIpc) is 2.03. The van der Waals surface area contributed by atoms with Crippen LogP contribution in [0.15, 0.2) is 0 Å². The quantitative estimate of drug-likeness (QED) is 0.563. The Bertz CT molecular complexity index is 92.5. The van der Waals surface area contributed by atoms with Crippen LogP contribution in [-0.4, -0.2) is 53.3 Å². The van der Waals surface area contributed by atoms with Crippen molar-refractivity contribution >= 4 is 11.6 Å². The second-order valence-electron chi connectivity index (χ2n) is 2.42. The predicted octanol–water partition coefficient (Wildman–Crippen LogP) is -0.0997. The average molecular weight is 182 g/mol. The molecular weight excluding hydrogens is 166 g/mol. The number of aliphatic hydroxyl groups excluding tert-OH is 2. The molecule has 68 valence electrons. The van der Waals surface area contributed by atoms with Crippen LogP contribution in [0.25, 0.3) is 0 Å². The van der Waals surface area contributed by atoms with E-state index in [0.717, 1.165) is 6.54 Å². The third-order valence-electron chi connectivity index (χ3n) is 1.51. The normalized spacial score (nSPS) is 13.9. The standard InChI is InChI=1S/C7H16ClNO2/c1-2-9(3-4-10)6-7(11)5-8/h7,10-11H,2-6H2,1H3. The molecule has 0 amide bonds. The summed E-state index contributed by atoms with van der Waals surface area (Å²) in [4.78, 5) is 1.95. The Balaban J connectivity index is 3.49. The summed E-state index contributed by atoms with van der Waals surface area (Å²) in [6, 6.07) is 0. The van der Waals surface area contributed by atoms with E-state index in [1.165, 1.54) is 0 Å².